The third kappa shape index (κ3) is 4.50. The highest BCUT2D eigenvalue weighted by Gasteiger charge is 2.31. The Morgan fingerprint density at radius 1 is 1.14 bits per heavy atom. The molecular weight excluding hydrogens is 526 g/mol. The van der Waals surface area contributed by atoms with Crippen molar-refractivity contribution >= 4 is 51.7 Å². The van der Waals surface area contributed by atoms with Gasteiger partial charge in [0.25, 0.3) is 5.91 Å². The quantitative estimate of drug-likeness (QED) is 0.334. The zero-order chi connectivity index (χ0) is 26.3. The maximum Gasteiger partial charge on any atom is 0.279 e. The molecule has 192 valence electrons. The van der Waals surface area contributed by atoms with Gasteiger partial charge in [-0.2, -0.15) is 4.98 Å². The topological polar surface area (TPSA) is 112 Å². The fourth-order valence-electron chi connectivity index (χ4n) is 4.20. The van der Waals surface area contributed by atoms with Crippen LogP contribution in [0.2, 0.25) is 10.0 Å². The van der Waals surface area contributed by atoms with Gasteiger partial charge >= 0.3 is 0 Å². The van der Waals surface area contributed by atoms with Gasteiger partial charge in [0.05, 0.1) is 49.6 Å². The number of methoxy groups -OCH3 is 2. The molecule has 0 unspecified atom stereocenters. The van der Waals surface area contributed by atoms with E-state index in [0.717, 1.165) is 0 Å². The summed E-state index contributed by atoms with van der Waals surface area (Å²) in [5.41, 5.74) is 2.24. The molecule has 0 aliphatic carbocycles. The molecule has 1 aromatic carbocycles. The highest BCUT2D eigenvalue weighted by Crippen LogP contribution is 2.47. The van der Waals surface area contributed by atoms with Gasteiger partial charge in [-0.05, 0) is 6.07 Å². The van der Waals surface area contributed by atoms with Crippen LogP contribution < -0.4 is 20.1 Å². The zero-order valence-corrected chi connectivity index (χ0v) is 21.2. The van der Waals surface area contributed by atoms with Gasteiger partial charge in [-0.15, -0.1) is 0 Å². The standard InChI is InChI=1S/C24H21Cl2FN6O4/c1-11(27)23(34)30-14-9-37-10-15(14)31-24-29-8-12-6-13(22-28-4-5-33(22)21(12)32-24)18-19(25)16(35-2)7-17(36-3)20(18)26/h4-8,14-15H,1,9-10H2,2-3H3,(H,30,34)(H,29,31,32)/t14-,15+/m0/s1. The highest BCUT2D eigenvalue weighted by atomic mass is 35.5. The van der Waals surface area contributed by atoms with Crippen LogP contribution in [0.5, 0.6) is 11.5 Å². The number of aromatic nitrogens is 4. The number of benzene rings is 1. The molecule has 2 atom stereocenters. The van der Waals surface area contributed by atoms with Crippen LogP contribution in [0.4, 0.5) is 10.3 Å². The van der Waals surface area contributed by atoms with Gasteiger partial charge in [0, 0.05) is 41.2 Å². The van der Waals surface area contributed by atoms with Gasteiger partial charge < -0.3 is 24.8 Å². The van der Waals surface area contributed by atoms with Gasteiger partial charge in [0.1, 0.15) is 17.1 Å². The smallest absolute Gasteiger partial charge is 0.279 e. The molecule has 0 bridgehead atoms. The Balaban J connectivity index is 1.56. The summed E-state index contributed by atoms with van der Waals surface area (Å²) in [6.45, 7) is 3.51. The molecule has 2 N–H and O–H groups in total. The first-order valence-corrected chi connectivity index (χ1v) is 11.8. The largest absolute Gasteiger partial charge is 0.495 e. The average Bonchev–Trinajstić information content (AvgIpc) is 3.54. The minimum Gasteiger partial charge on any atom is -0.495 e. The third-order valence-electron chi connectivity index (χ3n) is 6.01. The Bertz CT molecular complexity index is 1520. The molecule has 37 heavy (non-hydrogen) atoms. The van der Waals surface area contributed by atoms with Crippen molar-refractivity contribution in [3.05, 3.63) is 53.2 Å². The molecule has 1 aliphatic heterocycles. The predicted molar refractivity (Wildman–Crippen MR) is 137 cm³/mol. The van der Waals surface area contributed by atoms with Crippen molar-refractivity contribution < 1.29 is 23.4 Å². The lowest BCUT2D eigenvalue weighted by molar-refractivity contribution is -0.119. The minimum absolute atomic E-state index is 0.213. The maximum absolute atomic E-state index is 13.2. The molecule has 4 heterocycles. The van der Waals surface area contributed by atoms with E-state index in [9.17, 15) is 9.18 Å². The van der Waals surface area contributed by atoms with Crippen LogP contribution in [0.3, 0.4) is 0 Å². The van der Waals surface area contributed by atoms with E-state index in [2.05, 4.69) is 32.2 Å². The molecule has 3 aromatic heterocycles. The number of halogens is 3. The number of amides is 1. The van der Waals surface area contributed by atoms with Crippen LogP contribution in [0.1, 0.15) is 0 Å². The van der Waals surface area contributed by atoms with E-state index in [-0.39, 0.29) is 19.3 Å². The average molecular weight is 547 g/mol. The Kier molecular flexibility index (Phi) is 6.76. The van der Waals surface area contributed by atoms with Crippen LogP contribution in [0, 0.1) is 0 Å². The number of anilines is 1. The summed E-state index contributed by atoms with van der Waals surface area (Å²) >= 11 is 13.3. The van der Waals surface area contributed by atoms with Crippen LogP contribution in [0.25, 0.3) is 27.8 Å². The first-order chi connectivity index (χ1) is 17.8. The van der Waals surface area contributed by atoms with E-state index >= 15 is 0 Å². The predicted octanol–water partition coefficient (Wildman–Crippen LogP) is 4.05. The number of nitrogens with one attached hydrogen (secondary N) is 2. The van der Waals surface area contributed by atoms with Crippen molar-refractivity contribution in [2.75, 3.05) is 32.8 Å². The summed E-state index contributed by atoms with van der Waals surface area (Å²) in [6, 6.07) is 2.59. The van der Waals surface area contributed by atoms with Crippen molar-refractivity contribution in [1.29, 1.82) is 0 Å². The number of ether oxygens (including phenoxy) is 3. The SMILES string of the molecule is C=C(F)C(=O)N[C@H]1COC[C@H]1Nc1ncc2cc(-c3c(Cl)c(OC)cc(OC)c3Cl)c3nccn3c2n1. The second-order valence-corrected chi connectivity index (χ2v) is 8.96. The monoisotopic (exact) mass is 546 g/mol. The maximum atomic E-state index is 13.2. The number of fused-ring (bicyclic) bond motifs is 3. The van der Waals surface area contributed by atoms with Gasteiger partial charge in [0.2, 0.25) is 5.95 Å². The van der Waals surface area contributed by atoms with Crippen LogP contribution in [0.15, 0.2) is 43.1 Å². The summed E-state index contributed by atoms with van der Waals surface area (Å²) < 4.78 is 31.2. The van der Waals surface area contributed by atoms with Crippen LogP contribution >= 0.6 is 23.2 Å². The highest BCUT2D eigenvalue weighted by molar-refractivity contribution is 6.41. The lowest BCUT2D eigenvalue weighted by atomic mass is 10.0. The molecule has 1 aliphatic rings. The number of carbonyl (C=O) groups is 1. The Hall–Kier alpha value is -3.67. The number of nitrogens with zero attached hydrogens (tertiary/aromatic N) is 4. The fourth-order valence-corrected chi connectivity index (χ4v) is 4.90. The summed E-state index contributed by atoms with van der Waals surface area (Å²) in [7, 11) is 3.01. The van der Waals surface area contributed by atoms with E-state index in [1.54, 1.807) is 29.1 Å². The summed E-state index contributed by atoms with van der Waals surface area (Å²) in [4.78, 5) is 25.3. The van der Waals surface area contributed by atoms with E-state index in [1.807, 2.05) is 6.07 Å². The van der Waals surface area contributed by atoms with Crippen molar-refractivity contribution in [3.8, 4) is 22.6 Å². The number of carbonyl (C=O) groups excluding carboxylic acids is 1. The van der Waals surface area contributed by atoms with Crippen molar-refractivity contribution in [1.82, 2.24) is 24.7 Å². The molecule has 1 amide bonds. The molecule has 1 fully saturated rings. The third-order valence-corrected chi connectivity index (χ3v) is 6.76. The summed E-state index contributed by atoms with van der Waals surface area (Å²) in [6.07, 6.45) is 5.03. The molecule has 4 aromatic rings. The normalized spacial score (nSPS) is 17.2. The number of hydrogen-bond donors (Lipinski definition) is 2. The molecule has 0 radical (unpaired) electrons. The molecule has 13 heteroatoms. The molecular formula is C24H21Cl2FN6O4. The summed E-state index contributed by atoms with van der Waals surface area (Å²) in [5, 5.41) is 7.00. The number of imidazole rings is 1. The molecule has 0 saturated carbocycles. The molecule has 10 nitrogen and oxygen atoms in total. The van der Waals surface area contributed by atoms with E-state index < -0.39 is 17.8 Å². The lowest BCUT2D eigenvalue weighted by Crippen LogP contribution is -2.46. The Labute approximate surface area is 220 Å². The summed E-state index contributed by atoms with van der Waals surface area (Å²) in [5.74, 6) is -0.866. The molecule has 5 rings (SSSR count). The first-order valence-electron chi connectivity index (χ1n) is 11.0. The van der Waals surface area contributed by atoms with Gasteiger partial charge in [-0.1, -0.05) is 29.8 Å². The second kappa shape index (κ2) is 10.0. The zero-order valence-electron chi connectivity index (χ0n) is 19.7. The van der Waals surface area contributed by atoms with Crippen LogP contribution in [-0.2, 0) is 9.53 Å². The number of rotatable bonds is 7. The number of hydrogen-bond acceptors (Lipinski definition) is 8. The first kappa shape index (κ1) is 25.0. The molecule has 1 saturated heterocycles. The van der Waals surface area contributed by atoms with E-state index in [0.29, 0.717) is 55.3 Å². The van der Waals surface area contributed by atoms with E-state index in [1.165, 1.54) is 14.2 Å². The van der Waals surface area contributed by atoms with E-state index in [4.69, 9.17) is 37.4 Å². The number of pyridine rings is 1. The van der Waals surface area contributed by atoms with Gasteiger partial charge in [0.15, 0.2) is 11.5 Å². The van der Waals surface area contributed by atoms with Crippen molar-refractivity contribution in [3.63, 3.8) is 0 Å². The van der Waals surface area contributed by atoms with Gasteiger partial charge in [-0.3, -0.25) is 9.20 Å². The Morgan fingerprint density at radius 2 is 1.84 bits per heavy atom. The van der Waals surface area contributed by atoms with Crippen molar-refractivity contribution in [2.45, 2.75) is 12.1 Å². The van der Waals surface area contributed by atoms with Crippen molar-refractivity contribution in [2.24, 2.45) is 0 Å². The molecule has 0 spiro atoms. The second-order valence-electron chi connectivity index (χ2n) is 8.21. The van der Waals surface area contributed by atoms with Crippen LogP contribution in [-0.4, -0.2) is 64.8 Å². The Morgan fingerprint density at radius 3 is 2.51 bits per heavy atom. The minimum atomic E-state index is -1.07. The lowest BCUT2D eigenvalue weighted by Gasteiger charge is -2.20. The fraction of sp³-hybridized carbons (Fsp3) is 0.250. The van der Waals surface area contributed by atoms with Gasteiger partial charge in [-0.25, -0.2) is 14.4 Å².